The van der Waals surface area contributed by atoms with Gasteiger partial charge in [0, 0.05) is 83.8 Å². The van der Waals surface area contributed by atoms with E-state index in [4.69, 9.17) is 29.9 Å². The number of aromatic amines is 1. The monoisotopic (exact) mass is 1890 g/mol. The van der Waals surface area contributed by atoms with Crippen LogP contribution < -0.4 is 0 Å². The molecule has 7 aromatic rings. The summed E-state index contributed by atoms with van der Waals surface area (Å²) in [6, 6.07) is 20.5. The molecule has 0 spiro atoms. The summed E-state index contributed by atoms with van der Waals surface area (Å²) in [6.07, 6.45) is 83.7. The molecule has 0 fully saturated rings. The number of fused-ring (bicyclic) bond motifs is 20. The van der Waals surface area contributed by atoms with E-state index in [0.29, 0.717) is 11.6 Å². The number of unbranched alkanes of at least 4 members (excludes halogenated alkanes) is 56. The topological polar surface area (TPSA) is 98.1 Å². The summed E-state index contributed by atoms with van der Waals surface area (Å²) in [6.45, 7) is 18.8. The van der Waals surface area contributed by atoms with Gasteiger partial charge in [-0.25, -0.2) is 29.9 Å². The molecule has 3 aromatic heterocycles. The molecule has 4 aromatic carbocycles. The van der Waals surface area contributed by atoms with Crippen LogP contribution in [0, 0.1) is 0 Å². The lowest BCUT2D eigenvalue weighted by Gasteiger charge is -2.20. The van der Waals surface area contributed by atoms with Crippen LogP contribution in [-0.2, 0) is 0 Å². The van der Waals surface area contributed by atoms with Crippen LogP contribution in [0.25, 0.3) is 89.7 Å². The van der Waals surface area contributed by atoms with Crippen molar-refractivity contribution >= 4 is 138 Å². The van der Waals surface area contributed by atoms with E-state index in [1.165, 1.54) is 455 Å². The van der Waals surface area contributed by atoms with Crippen LogP contribution >= 0.6 is 94.3 Å². The van der Waals surface area contributed by atoms with E-state index in [9.17, 15) is 0 Å². The molecule has 0 saturated carbocycles. The standard InChI is InChI=1S/C112H178N8S8/c1-9-17-25-33-41-49-57-69-81-121-95-89-94-96(100(123-83-71-59-51-43-35-27-19-11-3)99(95)122-82-70-58-50-42-34-26-18-10-2)108-115-107(94)119-112-93-80-68-67-79-92(93)111(120(112)128-88-76-64-56-48-40-32-24-16-8)118-106-91-78-66-65-77-90(91)105(113-106)114-109-97-98(110(116-108)117-109)102(125-85-73-61-53-45-37-29-21-13-5)104(127-87-75-63-55-47-39-31-23-15-7)103(126-86-74-62-54-46-38-30-22-14-6)101(97)124-84-72-60-52-44-36-28-20-12-4/h65-68,77-80,89H,9-64,69-76,81-88H2,1-8H3,(H,113,114,115,116,117,118,119). The van der Waals surface area contributed by atoms with Gasteiger partial charge in [0.15, 0.2) is 34.6 Å². The zero-order chi connectivity index (χ0) is 89.7. The Labute approximate surface area is 817 Å². The highest BCUT2D eigenvalue weighted by atomic mass is 32.2. The minimum Gasteiger partial charge on any atom is -0.324 e. The number of benzene rings is 4. The maximum absolute atomic E-state index is 6.46. The zero-order valence-corrected chi connectivity index (χ0v) is 89.0. The lowest BCUT2D eigenvalue weighted by molar-refractivity contribution is 0.586. The number of rotatable bonds is 80. The molecule has 9 rings (SSSR count). The van der Waals surface area contributed by atoms with Gasteiger partial charge in [0.2, 0.25) is 0 Å². The highest BCUT2D eigenvalue weighted by molar-refractivity contribution is 8.05. The SMILES string of the molecule is CCCCCCCCCCSc1cc2c(c(SCCCCCCCCCC)c1SCCCCCCCCCC)-c1nc-2nc2c3ccccc3c(nc3nc(nc4[nH]c(n1)c1c(SCCCCCCCCCC)c(SCCCCCCCCCC)c(SCCCCCCCCCC)c(SCCCCCCCCCC)c41)-c1ccccc1-3)n2SCCCCCCCCCC. The average Bonchev–Trinajstić information content (AvgIpc) is 1.56. The van der Waals surface area contributed by atoms with Gasteiger partial charge in [0.1, 0.15) is 11.3 Å². The van der Waals surface area contributed by atoms with Crippen LogP contribution in [0.15, 0.2) is 88.9 Å². The van der Waals surface area contributed by atoms with E-state index in [1.54, 1.807) is 0 Å². The predicted molar refractivity (Wildman–Crippen MR) is 583 cm³/mol. The smallest absolute Gasteiger partial charge is 0.165 e. The van der Waals surface area contributed by atoms with Crippen molar-refractivity contribution in [2.75, 3.05) is 46.0 Å². The highest BCUT2D eigenvalue weighted by Crippen LogP contribution is 2.55. The largest absolute Gasteiger partial charge is 0.324 e. The minimum atomic E-state index is 0.704. The Balaban J connectivity index is 1.38. The summed E-state index contributed by atoms with van der Waals surface area (Å²) in [5.74, 6) is 11.5. The third-order valence-electron chi connectivity index (χ3n) is 26.1. The zero-order valence-electron chi connectivity index (χ0n) is 82.5. The summed E-state index contributed by atoms with van der Waals surface area (Å²) in [7, 11) is 0. The van der Waals surface area contributed by atoms with Crippen molar-refractivity contribution in [2.24, 2.45) is 0 Å². The first kappa shape index (κ1) is 109. The first-order valence-corrected chi connectivity index (χ1v) is 61.8. The third-order valence-corrected chi connectivity index (χ3v) is 36.1. The Bertz CT molecular complexity index is 4300. The Morgan fingerprint density at radius 2 is 0.477 bits per heavy atom. The van der Waals surface area contributed by atoms with E-state index in [0.717, 1.165) is 114 Å². The van der Waals surface area contributed by atoms with Gasteiger partial charge in [0.05, 0.1) is 0 Å². The van der Waals surface area contributed by atoms with Gasteiger partial charge in [-0.3, -0.25) is 3.97 Å². The van der Waals surface area contributed by atoms with E-state index in [2.05, 4.69) is 201 Å². The summed E-state index contributed by atoms with van der Waals surface area (Å²) < 4.78 is 2.41. The molecule has 714 valence electrons. The lowest BCUT2D eigenvalue weighted by atomic mass is 10.1. The molecule has 5 heterocycles. The van der Waals surface area contributed by atoms with Crippen LogP contribution in [0.5, 0.6) is 0 Å². The molecular weight excluding hydrogens is 1710 g/mol. The lowest BCUT2D eigenvalue weighted by Crippen LogP contribution is -1.97. The molecule has 1 N–H and O–H groups in total. The minimum absolute atomic E-state index is 0.704. The van der Waals surface area contributed by atoms with Crippen molar-refractivity contribution in [2.45, 2.75) is 501 Å². The molecule has 8 nitrogen and oxygen atoms in total. The first-order valence-electron chi connectivity index (χ1n) is 53.9. The Hall–Kier alpha value is -2.96. The molecule has 0 amide bonds. The van der Waals surface area contributed by atoms with Gasteiger partial charge in [-0.1, -0.05) is 463 Å². The van der Waals surface area contributed by atoms with Gasteiger partial charge >= 0.3 is 0 Å². The Kier molecular flexibility index (Phi) is 58.5. The molecule has 0 aliphatic carbocycles. The van der Waals surface area contributed by atoms with Crippen LogP contribution in [-0.4, -0.2) is 84.9 Å². The van der Waals surface area contributed by atoms with Crippen molar-refractivity contribution in [1.82, 2.24) is 38.9 Å². The first-order chi connectivity index (χ1) is 63.4. The average molecular weight is 1890 g/mol. The summed E-state index contributed by atoms with van der Waals surface area (Å²) in [5, 5.41) is 4.63. The molecule has 0 radical (unpaired) electrons. The number of aromatic nitrogens is 8. The van der Waals surface area contributed by atoms with E-state index in [-0.39, 0.29) is 0 Å². The fraction of sp³-hybridized carbons (Fsp3) is 0.714. The molecule has 0 unspecified atom stereocenters. The summed E-state index contributed by atoms with van der Waals surface area (Å²) >= 11 is 17.0. The van der Waals surface area contributed by atoms with Crippen LogP contribution in [0.4, 0.5) is 0 Å². The van der Waals surface area contributed by atoms with Gasteiger partial charge in [-0.2, -0.15) is 0 Å². The van der Waals surface area contributed by atoms with Crippen molar-refractivity contribution in [1.29, 1.82) is 0 Å². The van der Waals surface area contributed by atoms with Crippen LogP contribution in [0.3, 0.4) is 0 Å². The Morgan fingerprint density at radius 3 is 0.812 bits per heavy atom. The second-order valence-corrected chi connectivity index (χ2v) is 46.2. The fourth-order valence-corrected chi connectivity index (χ4v) is 28.7. The maximum Gasteiger partial charge on any atom is 0.165 e. The third kappa shape index (κ3) is 38.2. The highest BCUT2D eigenvalue weighted by Gasteiger charge is 2.32. The van der Waals surface area contributed by atoms with E-state index in [1.807, 2.05) is 11.9 Å². The number of thioether (sulfide) groups is 7. The second kappa shape index (κ2) is 68.9. The number of nitrogens with one attached hydrogen (secondary N) is 1. The summed E-state index contributed by atoms with van der Waals surface area (Å²) in [5.41, 5.74) is 7.89. The van der Waals surface area contributed by atoms with Crippen molar-refractivity contribution in [3.05, 3.63) is 54.6 Å². The van der Waals surface area contributed by atoms with E-state index < -0.39 is 0 Å². The van der Waals surface area contributed by atoms with Gasteiger partial charge in [0.25, 0.3) is 0 Å². The quantitative estimate of drug-likeness (QED) is 0.0289. The van der Waals surface area contributed by atoms with Crippen molar-refractivity contribution < 1.29 is 0 Å². The molecule has 8 bridgehead atoms. The van der Waals surface area contributed by atoms with Gasteiger partial charge < -0.3 is 4.98 Å². The van der Waals surface area contributed by atoms with Crippen LogP contribution in [0.1, 0.15) is 466 Å². The fourth-order valence-electron chi connectivity index (χ4n) is 18.3. The van der Waals surface area contributed by atoms with Crippen molar-refractivity contribution in [3.63, 3.8) is 0 Å². The number of hydrogen-bond acceptors (Lipinski definition) is 14. The normalized spacial score (nSPS) is 12.1. The number of H-pyrrole nitrogens is 1. The molecule has 0 atom stereocenters. The second-order valence-electron chi connectivity index (χ2n) is 37.4. The van der Waals surface area contributed by atoms with Crippen molar-refractivity contribution in [3.8, 4) is 45.6 Å². The van der Waals surface area contributed by atoms with Crippen LogP contribution in [0.2, 0.25) is 0 Å². The number of nitrogens with zero attached hydrogens (tertiary/aromatic N) is 7. The predicted octanol–water partition coefficient (Wildman–Crippen LogP) is 40.6. The molecule has 128 heavy (non-hydrogen) atoms. The molecular formula is C112H178N8S8. The molecule has 2 aliphatic heterocycles. The van der Waals surface area contributed by atoms with Gasteiger partial charge in [-0.15, -0.1) is 82.3 Å². The molecule has 2 aliphatic rings. The summed E-state index contributed by atoms with van der Waals surface area (Å²) in [4.78, 5) is 51.1. The maximum atomic E-state index is 6.46. The number of hydrogen-bond donors (Lipinski definition) is 1. The Morgan fingerprint density at radius 1 is 0.227 bits per heavy atom. The molecule has 16 heteroatoms. The van der Waals surface area contributed by atoms with Gasteiger partial charge in [-0.05, 0) is 110 Å². The molecule has 0 saturated heterocycles. The van der Waals surface area contributed by atoms with E-state index >= 15 is 0 Å².